The molecule has 0 fully saturated rings. The average Bonchev–Trinajstić information content (AvgIpc) is 2.64. The molecule has 0 spiro atoms. The molecule has 0 radical (unpaired) electrons. The number of rotatable bonds is 7. The molecule has 0 amide bonds. The number of hydrogen-bond donors (Lipinski definition) is 4. The molecular formula is C20H28N4O2S2. The Morgan fingerprint density at radius 1 is 1.00 bits per heavy atom. The predicted octanol–water partition coefficient (Wildman–Crippen LogP) is 3.62. The summed E-state index contributed by atoms with van der Waals surface area (Å²) >= 11 is 5.33. The Morgan fingerprint density at radius 2 is 1.46 bits per heavy atom. The van der Waals surface area contributed by atoms with E-state index < -0.39 is 10.0 Å². The second-order valence-corrected chi connectivity index (χ2v) is 9.47. The minimum Gasteiger partial charge on any atom is -0.359 e. The van der Waals surface area contributed by atoms with Crippen molar-refractivity contribution in [1.29, 1.82) is 4.78 Å². The van der Waals surface area contributed by atoms with Crippen LogP contribution < -0.4 is 16.1 Å². The van der Waals surface area contributed by atoms with Gasteiger partial charge in [-0.1, -0.05) is 57.2 Å². The smallest absolute Gasteiger partial charge is 0.206 e. The summed E-state index contributed by atoms with van der Waals surface area (Å²) in [5.74, 6) is 0. The van der Waals surface area contributed by atoms with Gasteiger partial charge in [0.15, 0.2) is 5.11 Å². The van der Waals surface area contributed by atoms with E-state index in [1.807, 2.05) is 0 Å². The molecular weight excluding hydrogens is 392 g/mol. The number of hydrogen-bond acceptors (Lipinski definition) is 5. The van der Waals surface area contributed by atoms with Gasteiger partial charge in [-0.2, -0.15) is 9.76 Å². The summed E-state index contributed by atoms with van der Waals surface area (Å²) < 4.78 is 24.4. The lowest BCUT2D eigenvalue weighted by molar-refractivity contribution is 0.245. The van der Waals surface area contributed by atoms with Gasteiger partial charge in [0.2, 0.25) is 10.0 Å². The van der Waals surface area contributed by atoms with Crippen molar-refractivity contribution in [2.24, 2.45) is 0 Å². The van der Waals surface area contributed by atoms with Gasteiger partial charge in [-0.3, -0.25) is 0 Å². The molecule has 4 N–H and O–H groups in total. The topological polar surface area (TPSA) is 86.2 Å². The van der Waals surface area contributed by atoms with E-state index in [0.29, 0.717) is 23.1 Å². The van der Waals surface area contributed by atoms with Gasteiger partial charge in [0.25, 0.3) is 0 Å². The van der Waals surface area contributed by atoms with Crippen LogP contribution in [0.3, 0.4) is 0 Å². The lowest BCUT2D eigenvalue weighted by atomic mass is 9.87. The summed E-state index contributed by atoms with van der Waals surface area (Å²) in [5, 5.41) is 6.90. The van der Waals surface area contributed by atoms with Crippen LogP contribution in [0, 0.1) is 4.78 Å². The van der Waals surface area contributed by atoms with Crippen molar-refractivity contribution >= 4 is 27.3 Å². The largest absolute Gasteiger partial charge is 0.359 e. The zero-order valence-corrected chi connectivity index (χ0v) is 18.3. The zero-order chi connectivity index (χ0) is 20.8. The highest BCUT2D eigenvalue weighted by Crippen LogP contribution is 2.22. The van der Waals surface area contributed by atoms with E-state index in [9.17, 15) is 4.21 Å². The van der Waals surface area contributed by atoms with Crippen LogP contribution in [0.5, 0.6) is 0 Å². The Kier molecular flexibility index (Phi) is 7.54. The zero-order valence-electron chi connectivity index (χ0n) is 16.7. The summed E-state index contributed by atoms with van der Waals surface area (Å²) in [6.45, 7) is 7.77. The fourth-order valence-electron chi connectivity index (χ4n) is 2.50. The van der Waals surface area contributed by atoms with Gasteiger partial charge in [-0.25, -0.2) is 8.99 Å². The molecule has 0 aliphatic heterocycles. The molecule has 28 heavy (non-hydrogen) atoms. The summed E-state index contributed by atoms with van der Waals surface area (Å²) in [6, 6.07) is 15.4. The van der Waals surface area contributed by atoms with Gasteiger partial charge < -0.3 is 10.6 Å². The number of thiocarbonyl (C=S) groups is 1. The molecule has 6 nitrogen and oxygen atoms in total. The number of hydroxylamine groups is 1. The van der Waals surface area contributed by atoms with Crippen LogP contribution >= 0.6 is 12.2 Å². The van der Waals surface area contributed by atoms with Crippen molar-refractivity contribution in [3.63, 3.8) is 0 Å². The lowest BCUT2D eigenvalue weighted by Crippen LogP contribution is -2.34. The second-order valence-electron chi connectivity index (χ2n) is 7.42. The normalized spacial score (nSPS) is 13.6. The molecule has 0 bridgehead atoms. The monoisotopic (exact) mass is 420 g/mol. The van der Waals surface area contributed by atoms with Crippen molar-refractivity contribution in [3.05, 3.63) is 65.2 Å². The van der Waals surface area contributed by atoms with Gasteiger partial charge in [-0.15, -0.1) is 0 Å². The first-order chi connectivity index (χ1) is 13.1. The van der Waals surface area contributed by atoms with E-state index in [0.717, 1.165) is 11.1 Å². The van der Waals surface area contributed by atoms with Crippen LogP contribution in [-0.2, 0) is 32.8 Å². The summed E-state index contributed by atoms with van der Waals surface area (Å²) in [4.78, 5) is 0.310. The minimum atomic E-state index is -3.28. The Hall–Kier alpha value is -2.00. The van der Waals surface area contributed by atoms with E-state index in [1.54, 1.807) is 24.3 Å². The van der Waals surface area contributed by atoms with Crippen LogP contribution in [-0.4, -0.2) is 16.4 Å². The number of benzene rings is 2. The summed E-state index contributed by atoms with van der Waals surface area (Å²) in [6.07, 6.45) is 0. The third-order valence-electron chi connectivity index (χ3n) is 4.16. The van der Waals surface area contributed by atoms with E-state index in [-0.39, 0.29) is 5.41 Å². The van der Waals surface area contributed by atoms with E-state index >= 15 is 0 Å². The van der Waals surface area contributed by atoms with Crippen molar-refractivity contribution in [2.45, 2.75) is 44.2 Å². The summed E-state index contributed by atoms with van der Waals surface area (Å²) in [7, 11) is -1.81. The average molecular weight is 421 g/mol. The molecule has 0 aliphatic rings. The molecule has 0 aliphatic carbocycles. The maximum absolute atomic E-state index is 12.0. The fourth-order valence-corrected chi connectivity index (χ4v) is 3.47. The highest BCUT2D eigenvalue weighted by atomic mass is 32.2. The quantitative estimate of drug-likeness (QED) is 0.404. The van der Waals surface area contributed by atoms with Crippen LogP contribution in [0.15, 0.2) is 53.4 Å². The third kappa shape index (κ3) is 6.56. The first-order valence-electron chi connectivity index (χ1n) is 8.96. The molecule has 2 rings (SSSR count). The fraction of sp³-hybridized carbons (Fsp3) is 0.350. The standard InChI is InChI=1S/C20H28N4O2S2/c1-20(2,3)17-9-5-15(6-10-17)13-23-19(27)24-14-16-7-11-18(12-8-16)28(21,25)26-22-4/h5-12,21-22H,13-14H2,1-4H3,(H2,23,24,27). The predicted molar refractivity (Wildman–Crippen MR) is 117 cm³/mol. The van der Waals surface area contributed by atoms with Gasteiger partial charge in [0.1, 0.15) is 0 Å². The Bertz CT molecular complexity index is 887. The van der Waals surface area contributed by atoms with Crippen molar-refractivity contribution in [3.8, 4) is 0 Å². The molecule has 0 saturated carbocycles. The number of nitrogens with one attached hydrogen (secondary N) is 4. The van der Waals surface area contributed by atoms with E-state index in [4.69, 9.17) is 21.3 Å². The molecule has 0 heterocycles. The molecule has 1 unspecified atom stereocenters. The highest BCUT2D eigenvalue weighted by Gasteiger charge is 2.13. The van der Waals surface area contributed by atoms with Crippen LogP contribution in [0.2, 0.25) is 0 Å². The third-order valence-corrected chi connectivity index (χ3v) is 5.74. The minimum absolute atomic E-state index is 0.144. The lowest BCUT2D eigenvalue weighted by Gasteiger charge is -2.19. The highest BCUT2D eigenvalue weighted by molar-refractivity contribution is 7.87. The molecule has 0 aromatic heterocycles. The Labute approximate surface area is 173 Å². The Balaban J connectivity index is 1.82. The summed E-state index contributed by atoms with van der Waals surface area (Å²) in [5.41, 5.74) is 5.87. The van der Waals surface area contributed by atoms with Crippen molar-refractivity contribution in [2.75, 3.05) is 7.05 Å². The molecule has 2 aromatic rings. The maximum atomic E-state index is 12.0. The van der Waals surface area contributed by atoms with E-state index in [2.05, 4.69) is 61.2 Å². The molecule has 2 aromatic carbocycles. The van der Waals surface area contributed by atoms with Crippen LogP contribution in [0.1, 0.15) is 37.5 Å². The molecule has 152 valence electrons. The van der Waals surface area contributed by atoms with Crippen molar-refractivity contribution < 1.29 is 8.49 Å². The van der Waals surface area contributed by atoms with Crippen LogP contribution in [0.25, 0.3) is 0 Å². The molecule has 8 heteroatoms. The van der Waals surface area contributed by atoms with E-state index in [1.165, 1.54) is 12.6 Å². The SMILES string of the molecule is CNOS(=N)(=O)c1ccc(CNC(=S)NCc2ccc(C(C)(C)C)cc2)cc1. The van der Waals surface area contributed by atoms with Gasteiger partial charge >= 0.3 is 0 Å². The first kappa shape index (κ1) is 22.3. The molecule has 1 atom stereocenters. The van der Waals surface area contributed by atoms with Gasteiger partial charge in [0.05, 0.1) is 4.90 Å². The second kappa shape index (κ2) is 9.47. The van der Waals surface area contributed by atoms with Gasteiger partial charge in [0, 0.05) is 20.1 Å². The maximum Gasteiger partial charge on any atom is 0.206 e. The van der Waals surface area contributed by atoms with Crippen LogP contribution in [0.4, 0.5) is 0 Å². The first-order valence-corrected chi connectivity index (χ1v) is 10.8. The van der Waals surface area contributed by atoms with Crippen molar-refractivity contribution in [1.82, 2.24) is 16.1 Å². The molecule has 0 saturated heterocycles. The Morgan fingerprint density at radius 3 is 1.89 bits per heavy atom. The van der Waals surface area contributed by atoms with Gasteiger partial charge in [-0.05, 0) is 46.5 Å².